The summed E-state index contributed by atoms with van der Waals surface area (Å²) in [4.78, 5) is 3.93. The summed E-state index contributed by atoms with van der Waals surface area (Å²) in [6.45, 7) is 0.899. The maximum atomic E-state index is 5.53. The number of nitrogens with zero attached hydrogens (tertiary/aromatic N) is 1. The SMILES string of the molecule is ClC1=CCCN=C1. The van der Waals surface area contributed by atoms with Gasteiger partial charge in [-0.1, -0.05) is 17.7 Å². The van der Waals surface area contributed by atoms with Crippen LogP contribution in [0.25, 0.3) is 0 Å². The second-order valence-corrected chi connectivity index (χ2v) is 1.85. The maximum Gasteiger partial charge on any atom is 0.0545 e. The Balaban J connectivity index is 2.58. The van der Waals surface area contributed by atoms with Crippen LogP contribution in [0.3, 0.4) is 0 Å². The van der Waals surface area contributed by atoms with E-state index in [1.807, 2.05) is 6.08 Å². The Kier molecular flexibility index (Phi) is 1.47. The first-order valence-corrected chi connectivity index (χ1v) is 2.63. The predicted octanol–water partition coefficient (Wildman–Crippen LogP) is 1.58. The van der Waals surface area contributed by atoms with Crippen molar-refractivity contribution in [2.75, 3.05) is 6.54 Å². The Morgan fingerprint density at radius 2 is 2.57 bits per heavy atom. The summed E-state index contributed by atoms with van der Waals surface area (Å²) in [7, 11) is 0. The molecule has 0 aromatic heterocycles. The topological polar surface area (TPSA) is 12.4 Å². The number of dihydropyridines is 1. The number of aliphatic imine (C=N–C) groups is 1. The number of hydrogen-bond donors (Lipinski definition) is 0. The highest BCUT2D eigenvalue weighted by molar-refractivity contribution is 6.39. The minimum Gasteiger partial charge on any atom is -0.291 e. The molecule has 0 spiro atoms. The van der Waals surface area contributed by atoms with Crippen LogP contribution in [0.1, 0.15) is 6.42 Å². The van der Waals surface area contributed by atoms with E-state index in [1.165, 1.54) is 0 Å². The fourth-order valence-corrected chi connectivity index (χ4v) is 0.660. The summed E-state index contributed by atoms with van der Waals surface area (Å²) in [5, 5.41) is 0.770. The van der Waals surface area contributed by atoms with E-state index in [-0.39, 0.29) is 0 Å². The largest absolute Gasteiger partial charge is 0.291 e. The quantitative estimate of drug-likeness (QED) is 0.455. The monoisotopic (exact) mass is 115 g/mol. The van der Waals surface area contributed by atoms with Crippen LogP contribution in [0.5, 0.6) is 0 Å². The number of rotatable bonds is 0. The van der Waals surface area contributed by atoms with Gasteiger partial charge in [0.1, 0.15) is 0 Å². The van der Waals surface area contributed by atoms with Crippen molar-refractivity contribution in [3.05, 3.63) is 11.1 Å². The van der Waals surface area contributed by atoms with Gasteiger partial charge in [0, 0.05) is 12.8 Å². The molecule has 1 aliphatic rings. The molecule has 0 atom stereocenters. The molecule has 1 aliphatic heterocycles. The van der Waals surface area contributed by atoms with Gasteiger partial charge in [0.15, 0.2) is 0 Å². The lowest BCUT2D eigenvalue weighted by Gasteiger charge is -1.94. The summed E-state index contributed by atoms with van der Waals surface area (Å²) >= 11 is 5.53. The second-order valence-electron chi connectivity index (χ2n) is 1.41. The molecule has 0 radical (unpaired) electrons. The molecule has 38 valence electrons. The van der Waals surface area contributed by atoms with Gasteiger partial charge in [0.25, 0.3) is 0 Å². The molecule has 0 fully saturated rings. The summed E-state index contributed by atoms with van der Waals surface area (Å²) in [6.07, 6.45) is 4.65. The van der Waals surface area contributed by atoms with Crippen LogP contribution in [0.15, 0.2) is 16.1 Å². The minimum absolute atomic E-state index is 0.770. The molecule has 7 heavy (non-hydrogen) atoms. The lowest BCUT2D eigenvalue weighted by atomic mass is 10.3. The maximum absolute atomic E-state index is 5.53. The van der Waals surface area contributed by atoms with E-state index in [1.54, 1.807) is 6.21 Å². The lowest BCUT2D eigenvalue weighted by molar-refractivity contribution is 0.999. The van der Waals surface area contributed by atoms with Gasteiger partial charge in [-0.2, -0.15) is 0 Å². The molecule has 0 aromatic rings. The van der Waals surface area contributed by atoms with Crippen LogP contribution in [0.2, 0.25) is 0 Å². The Morgan fingerprint density at radius 1 is 1.71 bits per heavy atom. The minimum atomic E-state index is 0.770. The van der Waals surface area contributed by atoms with Crippen molar-refractivity contribution in [1.29, 1.82) is 0 Å². The molecular formula is C5H6ClN. The summed E-state index contributed by atoms with van der Waals surface area (Å²) in [6, 6.07) is 0. The first-order chi connectivity index (χ1) is 3.39. The Bertz CT molecular complexity index is 115. The van der Waals surface area contributed by atoms with E-state index in [0.717, 1.165) is 18.0 Å². The Morgan fingerprint density at radius 3 is 2.86 bits per heavy atom. The zero-order valence-corrected chi connectivity index (χ0v) is 4.65. The van der Waals surface area contributed by atoms with E-state index >= 15 is 0 Å². The van der Waals surface area contributed by atoms with E-state index in [9.17, 15) is 0 Å². The smallest absolute Gasteiger partial charge is 0.0545 e. The fourth-order valence-electron chi connectivity index (χ4n) is 0.481. The summed E-state index contributed by atoms with van der Waals surface area (Å²) in [5.41, 5.74) is 0. The van der Waals surface area contributed by atoms with Gasteiger partial charge in [-0.15, -0.1) is 0 Å². The van der Waals surface area contributed by atoms with Gasteiger partial charge in [0.05, 0.1) is 5.03 Å². The lowest BCUT2D eigenvalue weighted by Crippen LogP contribution is -1.87. The van der Waals surface area contributed by atoms with E-state index < -0.39 is 0 Å². The highest BCUT2D eigenvalue weighted by Gasteiger charge is 1.89. The Labute approximate surface area is 47.7 Å². The van der Waals surface area contributed by atoms with Crippen molar-refractivity contribution in [2.45, 2.75) is 6.42 Å². The molecule has 0 saturated carbocycles. The first-order valence-electron chi connectivity index (χ1n) is 2.25. The molecule has 1 heterocycles. The van der Waals surface area contributed by atoms with Crippen molar-refractivity contribution in [3.63, 3.8) is 0 Å². The van der Waals surface area contributed by atoms with Crippen molar-refractivity contribution >= 4 is 17.8 Å². The van der Waals surface area contributed by atoms with Gasteiger partial charge < -0.3 is 0 Å². The fraction of sp³-hybridized carbons (Fsp3) is 0.400. The van der Waals surface area contributed by atoms with Crippen LogP contribution < -0.4 is 0 Å². The number of allylic oxidation sites excluding steroid dienone is 1. The van der Waals surface area contributed by atoms with Crippen LogP contribution in [0, 0.1) is 0 Å². The Hall–Kier alpha value is -0.300. The van der Waals surface area contributed by atoms with Crippen LogP contribution in [-0.4, -0.2) is 12.8 Å². The van der Waals surface area contributed by atoms with Crippen LogP contribution in [-0.2, 0) is 0 Å². The average Bonchev–Trinajstić information content (AvgIpc) is 1.69. The van der Waals surface area contributed by atoms with Gasteiger partial charge >= 0.3 is 0 Å². The molecule has 0 N–H and O–H groups in total. The van der Waals surface area contributed by atoms with Gasteiger partial charge in [0.2, 0.25) is 0 Å². The van der Waals surface area contributed by atoms with Gasteiger partial charge in [-0.25, -0.2) is 0 Å². The molecule has 0 amide bonds. The summed E-state index contributed by atoms with van der Waals surface area (Å²) < 4.78 is 0. The molecule has 0 aliphatic carbocycles. The van der Waals surface area contributed by atoms with Gasteiger partial charge in [-0.05, 0) is 6.42 Å². The molecule has 0 aromatic carbocycles. The third-order valence-electron chi connectivity index (χ3n) is 0.812. The van der Waals surface area contributed by atoms with E-state index in [2.05, 4.69) is 4.99 Å². The molecule has 1 rings (SSSR count). The second kappa shape index (κ2) is 2.12. The van der Waals surface area contributed by atoms with Crippen LogP contribution >= 0.6 is 11.6 Å². The highest BCUT2D eigenvalue weighted by atomic mass is 35.5. The zero-order valence-electron chi connectivity index (χ0n) is 3.89. The summed E-state index contributed by atoms with van der Waals surface area (Å²) in [5.74, 6) is 0. The van der Waals surface area contributed by atoms with Crippen molar-refractivity contribution in [3.8, 4) is 0 Å². The van der Waals surface area contributed by atoms with E-state index in [0.29, 0.717) is 0 Å². The zero-order chi connectivity index (χ0) is 5.11. The third kappa shape index (κ3) is 1.32. The standard InChI is InChI=1S/C5H6ClN/c6-5-2-1-3-7-4-5/h2,4H,1,3H2. The van der Waals surface area contributed by atoms with Crippen LogP contribution in [0.4, 0.5) is 0 Å². The third-order valence-corrected chi connectivity index (χ3v) is 1.06. The van der Waals surface area contributed by atoms with Gasteiger partial charge in [-0.3, -0.25) is 4.99 Å². The first kappa shape index (κ1) is 4.85. The molecule has 0 saturated heterocycles. The molecule has 0 bridgehead atoms. The van der Waals surface area contributed by atoms with Crippen molar-refractivity contribution in [2.24, 2.45) is 4.99 Å². The van der Waals surface area contributed by atoms with Crippen molar-refractivity contribution in [1.82, 2.24) is 0 Å². The van der Waals surface area contributed by atoms with E-state index in [4.69, 9.17) is 11.6 Å². The van der Waals surface area contributed by atoms with Crippen molar-refractivity contribution < 1.29 is 0 Å². The molecule has 1 nitrogen and oxygen atoms in total. The number of halogens is 1. The molecule has 0 unspecified atom stereocenters. The molecule has 2 heteroatoms. The predicted molar refractivity (Wildman–Crippen MR) is 31.9 cm³/mol. The average molecular weight is 116 g/mol. The normalized spacial score (nSPS) is 19.3. The molecular weight excluding hydrogens is 110 g/mol. The highest BCUT2D eigenvalue weighted by Crippen LogP contribution is 2.03. The number of hydrogen-bond acceptors (Lipinski definition) is 1.